The molecule has 3 aromatic rings. The van der Waals surface area contributed by atoms with Crippen molar-refractivity contribution in [3.63, 3.8) is 0 Å². The normalized spacial score (nSPS) is 26.7. The summed E-state index contributed by atoms with van der Waals surface area (Å²) in [5.74, 6) is -3.05. The van der Waals surface area contributed by atoms with E-state index in [-0.39, 0.29) is 46.6 Å². The van der Waals surface area contributed by atoms with Crippen LogP contribution in [0.25, 0.3) is 0 Å². The lowest BCUT2D eigenvalue weighted by atomic mass is 9.72. The van der Waals surface area contributed by atoms with Crippen LogP contribution >= 0.6 is 0 Å². The van der Waals surface area contributed by atoms with Crippen LogP contribution in [-0.4, -0.2) is 80.1 Å². The zero-order valence-electron chi connectivity index (χ0n) is 26.4. The summed E-state index contributed by atoms with van der Waals surface area (Å²) in [6.45, 7) is 4.99. The van der Waals surface area contributed by atoms with Gasteiger partial charge >= 0.3 is 0 Å². The molecule has 1 fully saturated rings. The number of ether oxygens (including phenoxy) is 3. The summed E-state index contributed by atoms with van der Waals surface area (Å²) in [7, 11) is 1.34. The minimum atomic E-state index is -2.03. The fourth-order valence-electron chi connectivity index (χ4n) is 6.90. The Balaban J connectivity index is 1.37. The van der Waals surface area contributed by atoms with Crippen LogP contribution in [-0.2, 0) is 27.2 Å². The molecule has 47 heavy (non-hydrogen) atoms. The van der Waals surface area contributed by atoms with Crippen LogP contribution in [0.1, 0.15) is 86.9 Å². The smallest absolute Gasteiger partial charge is 0.202 e. The number of carbonyl (C=O) groups excluding carboxylic acids is 3. The third-order valence-electron chi connectivity index (χ3n) is 9.58. The Morgan fingerprint density at radius 3 is 2.47 bits per heavy atom. The van der Waals surface area contributed by atoms with E-state index in [1.54, 1.807) is 26.0 Å². The highest BCUT2D eigenvalue weighted by Crippen LogP contribution is 2.52. The highest BCUT2D eigenvalue weighted by Gasteiger charge is 2.49. The number of aromatic hydroxyl groups is 3. The fourth-order valence-corrected chi connectivity index (χ4v) is 6.90. The van der Waals surface area contributed by atoms with Crippen molar-refractivity contribution in [3.8, 4) is 23.0 Å². The van der Waals surface area contributed by atoms with Gasteiger partial charge in [-0.3, -0.25) is 14.4 Å². The van der Waals surface area contributed by atoms with Crippen molar-refractivity contribution < 1.29 is 54.1 Å². The molecule has 12 heteroatoms. The lowest BCUT2D eigenvalue weighted by Gasteiger charge is -2.43. The summed E-state index contributed by atoms with van der Waals surface area (Å²) in [6.07, 6.45) is -4.58. The molecule has 0 saturated carbocycles. The Kier molecular flexibility index (Phi) is 8.35. The molecule has 1 unspecified atom stereocenters. The molecule has 12 nitrogen and oxygen atoms in total. The predicted octanol–water partition coefficient (Wildman–Crippen LogP) is 2.87. The number of ketones is 3. The lowest BCUT2D eigenvalue weighted by Crippen LogP contribution is -2.54. The maximum atomic E-state index is 13.9. The standard InChI is InChI=1S/C35H37NO11/c1-15-10-18(8-9-22(15)38)14-36-21-11-25(46-16(2)30(21)39)47-24-13-35(44,17(3)37)12-20-27(24)34(43)29-28(32(20)41)31(40)19-6-5-7-23(45-4)26(19)33(29)42/h5-10,16,21,24-25,30,36,38-39,41,43-44H,11-14H2,1-4H3/t16?,21-,24+,25+,30-,35+/m1/s1. The number of phenolic OH excluding ortho intramolecular Hbond substituents is 3. The summed E-state index contributed by atoms with van der Waals surface area (Å²) in [5, 5.41) is 58.8. The summed E-state index contributed by atoms with van der Waals surface area (Å²) in [5.41, 5.74) is -1.54. The number of rotatable bonds is 7. The van der Waals surface area contributed by atoms with Crippen molar-refractivity contribution in [2.45, 2.75) is 82.8 Å². The first-order chi connectivity index (χ1) is 22.2. The number of aliphatic hydroxyl groups is 2. The molecule has 0 spiro atoms. The van der Waals surface area contributed by atoms with Crippen LogP contribution in [0.5, 0.6) is 23.0 Å². The molecule has 248 valence electrons. The van der Waals surface area contributed by atoms with Crippen LogP contribution < -0.4 is 10.1 Å². The summed E-state index contributed by atoms with van der Waals surface area (Å²) >= 11 is 0. The van der Waals surface area contributed by atoms with E-state index in [1.165, 1.54) is 32.2 Å². The van der Waals surface area contributed by atoms with Gasteiger partial charge in [0.25, 0.3) is 0 Å². The second kappa shape index (κ2) is 12.0. The molecule has 6 rings (SSSR count). The Hall–Kier alpha value is -4.33. The van der Waals surface area contributed by atoms with Crippen molar-refractivity contribution >= 4 is 17.3 Å². The van der Waals surface area contributed by atoms with Crippen molar-refractivity contribution in [3.05, 3.63) is 80.9 Å². The number of aliphatic hydroxyl groups excluding tert-OH is 1. The third-order valence-corrected chi connectivity index (χ3v) is 9.58. The van der Waals surface area contributed by atoms with Crippen LogP contribution in [0.15, 0.2) is 36.4 Å². The molecule has 6 atom stereocenters. The number of aryl methyl sites for hydroxylation is 1. The van der Waals surface area contributed by atoms with E-state index >= 15 is 0 Å². The quantitative estimate of drug-likeness (QED) is 0.161. The minimum absolute atomic E-state index is 0.0221. The highest BCUT2D eigenvalue weighted by molar-refractivity contribution is 6.31. The Morgan fingerprint density at radius 1 is 1.06 bits per heavy atom. The third kappa shape index (κ3) is 5.45. The average Bonchev–Trinajstić information content (AvgIpc) is 3.03. The summed E-state index contributed by atoms with van der Waals surface area (Å²) in [6, 6.07) is 9.09. The number of benzene rings is 3. The van der Waals surface area contributed by atoms with Gasteiger partial charge in [0, 0.05) is 48.5 Å². The number of hydrogen-bond acceptors (Lipinski definition) is 12. The first-order valence-corrected chi connectivity index (χ1v) is 15.4. The number of hydrogen-bond donors (Lipinski definition) is 6. The first-order valence-electron chi connectivity index (χ1n) is 15.4. The van der Waals surface area contributed by atoms with Gasteiger partial charge in [-0.1, -0.05) is 24.3 Å². The van der Waals surface area contributed by atoms with E-state index < -0.39 is 82.6 Å². The monoisotopic (exact) mass is 647 g/mol. The topological polar surface area (TPSA) is 192 Å². The molecule has 0 amide bonds. The SMILES string of the molecule is COc1cccc2c1C(=O)c1c(O)c3c(c(O)c1C2=O)C[C@@](O)(C(C)=O)C[C@@H]3O[C@H]1C[C@@H](NCc2ccc(O)c(C)c2)[C@H](O)C(C)O1. The van der Waals surface area contributed by atoms with Gasteiger partial charge in [-0.2, -0.15) is 0 Å². The van der Waals surface area contributed by atoms with Gasteiger partial charge in [0.1, 0.15) is 28.6 Å². The van der Waals surface area contributed by atoms with Crippen molar-refractivity contribution in [2.75, 3.05) is 7.11 Å². The molecule has 3 aromatic carbocycles. The predicted molar refractivity (Wildman–Crippen MR) is 166 cm³/mol. The zero-order chi connectivity index (χ0) is 33.9. The molecule has 3 aliphatic rings. The number of carbonyl (C=O) groups is 3. The van der Waals surface area contributed by atoms with Crippen molar-refractivity contribution in [1.82, 2.24) is 5.32 Å². The lowest BCUT2D eigenvalue weighted by molar-refractivity contribution is -0.249. The molecule has 0 bridgehead atoms. The molecule has 1 heterocycles. The zero-order valence-corrected chi connectivity index (χ0v) is 26.4. The molecular weight excluding hydrogens is 610 g/mol. The molecule has 6 N–H and O–H groups in total. The average molecular weight is 648 g/mol. The molecule has 1 aliphatic heterocycles. The summed E-state index contributed by atoms with van der Waals surface area (Å²) in [4.78, 5) is 40.3. The van der Waals surface area contributed by atoms with E-state index in [1.807, 2.05) is 6.07 Å². The van der Waals surface area contributed by atoms with Gasteiger partial charge in [-0.15, -0.1) is 0 Å². The Labute approximate surface area is 270 Å². The van der Waals surface area contributed by atoms with Gasteiger partial charge in [0.05, 0.1) is 42.1 Å². The van der Waals surface area contributed by atoms with E-state index in [9.17, 15) is 39.9 Å². The Morgan fingerprint density at radius 2 is 1.79 bits per heavy atom. The summed E-state index contributed by atoms with van der Waals surface area (Å²) < 4.78 is 17.6. The first kappa shape index (κ1) is 32.6. The number of methoxy groups -OCH3 is 1. The second-order valence-electron chi connectivity index (χ2n) is 12.6. The fraction of sp³-hybridized carbons (Fsp3) is 0.400. The minimum Gasteiger partial charge on any atom is -0.508 e. The maximum Gasteiger partial charge on any atom is 0.202 e. The van der Waals surface area contributed by atoms with E-state index in [2.05, 4.69) is 5.32 Å². The van der Waals surface area contributed by atoms with Crippen molar-refractivity contribution in [1.29, 1.82) is 0 Å². The van der Waals surface area contributed by atoms with Crippen LogP contribution in [0.2, 0.25) is 0 Å². The van der Waals surface area contributed by atoms with Crippen LogP contribution in [0.4, 0.5) is 0 Å². The van der Waals surface area contributed by atoms with Gasteiger partial charge in [-0.25, -0.2) is 0 Å². The van der Waals surface area contributed by atoms with Gasteiger partial charge in [0.2, 0.25) is 5.78 Å². The van der Waals surface area contributed by atoms with Crippen LogP contribution in [0.3, 0.4) is 0 Å². The van der Waals surface area contributed by atoms with Gasteiger partial charge in [0.15, 0.2) is 17.9 Å². The number of phenols is 3. The van der Waals surface area contributed by atoms with E-state index in [0.29, 0.717) is 12.1 Å². The number of fused-ring (bicyclic) bond motifs is 3. The molecular formula is C35H37NO11. The number of nitrogens with one attached hydrogen (secondary N) is 1. The second-order valence-corrected chi connectivity index (χ2v) is 12.6. The highest BCUT2D eigenvalue weighted by atomic mass is 16.7. The Bertz CT molecular complexity index is 1800. The van der Waals surface area contributed by atoms with Gasteiger partial charge < -0.3 is 45.1 Å². The largest absolute Gasteiger partial charge is 0.508 e. The molecule has 1 saturated heterocycles. The van der Waals surface area contributed by atoms with E-state index in [4.69, 9.17) is 14.2 Å². The van der Waals surface area contributed by atoms with Crippen LogP contribution in [0, 0.1) is 6.92 Å². The van der Waals surface area contributed by atoms with Gasteiger partial charge in [-0.05, 0) is 44.0 Å². The molecule has 0 radical (unpaired) electrons. The van der Waals surface area contributed by atoms with E-state index in [0.717, 1.165) is 5.56 Å². The van der Waals surface area contributed by atoms with Crippen molar-refractivity contribution in [2.24, 2.45) is 0 Å². The molecule has 0 aromatic heterocycles. The molecule has 2 aliphatic carbocycles. The maximum absolute atomic E-state index is 13.9. The number of Topliss-reactive ketones (excluding diaryl/α,β-unsaturated/α-hetero) is 1.